The van der Waals surface area contributed by atoms with Crippen LogP contribution in [0.3, 0.4) is 0 Å². The Bertz CT molecular complexity index is 1540. The van der Waals surface area contributed by atoms with Gasteiger partial charge in [0, 0.05) is 57.8 Å². The molecule has 2 N–H and O–H groups in total. The Morgan fingerprint density at radius 1 is 0.774 bits per heavy atom. The standard InChI is InChI=1S/C23H14FN7/c24-16-3-1-13(2-4-16)21-17-8-20(29-19(17)5-6-27-21)22-18-7-14(11-28-23(18)31-30-22)15-9-25-12-26-10-15/h1-12,29H,(H,28,30,31). The molecule has 8 heteroatoms. The van der Waals surface area contributed by atoms with Crippen LogP contribution in [0.5, 0.6) is 0 Å². The first kappa shape index (κ1) is 17.4. The highest BCUT2D eigenvalue weighted by Gasteiger charge is 2.15. The predicted molar refractivity (Wildman–Crippen MR) is 115 cm³/mol. The van der Waals surface area contributed by atoms with Gasteiger partial charge in [-0.3, -0.25) is 10.1 Å². The van der Waals surface area contributed by atoms with Crippen molar-refractivity contribution >= 4 is 21.9 Å². The number of hydrogen-bond acceptors (Lipinski definition) is 5. The summed E-state index contributed by atoms with van der Waals surface area (Å²) in [4.78, 5) is 20.6. The molecule has 148 valence electrons. The van der Waals surface area contributed by atoms with Crippen LogP contribution in [0, 0.1) is 5.82 Å². The number of pyridine rings is 2. The first-order chi connectivity index (χ1) is 15.3. The van der Waals surface area contributed by atoms with E-state index in [1.54, 1.807) is 36.9 Å². The second-order valence-electron chi connectivity index (χ2n) is 7.13. The van der Waals surface area contributed by atoms with Gasteiger partial charge in [-0.2, -0.15) is 5.10 Å². The van der Waals surface area contributed by atoms with Crippen molar-refractivity contribution in [3.05, 3.63) is 79.4 Å². The molecular formula is C23H14FN7. The first-order valence-corrected chi connectivity index (χ1v) is 9.60. The number of halogens is 1. The van der Waals surface area contributed by atoms with Crippen molar-refractivity contribution < 1.29 is 4.39 Å². The van der Waals surface area contributed by atoms with Crippen molar-refractivity contribution in [2.45, 2.75) is 0 Å². The topological polar surface area (TPSA) is 96.0 Å². The molecule has 0 bridgehead atoms. The first-order valence-electron chi connectivity index (χ1n) is 9.60. The molecule has 0 unspecified atom stereocenters. The molecule has 0 amide bonds. The molecule has 5 aromatic heterocycles. The minimum atomic E-state index is -0.276. The average Bonchev–Trinajstić information content (AvgIpc) is 3.43. The number of fused-ring (bicyclic) bond motifs is 2. The van der Waals surface area contributed by atoms with E-state index < -0.39 is 0 Å². The van der Waals surface area contributed by atoms with Crippen LogP contribution in [0.1, 0.15) is 0 Å². The van der Waals surface area contributed by atoms with Crippen LogP contribution in [0.2, 0.25) is 0 Å². The molecule has 1 aromatic carbocycles. The Morgan fingerprint density at radius 3 is 2.45 bits per heavy atom. The Balaban J connectivity index is 1.51. The van der Waals surface area contributed by atoms with Crippen LogP contribution in [-0.4, -0.2) is 35.1 Å². The zero-order valence-corrected chi connectivity index (χ0v) is 16.0. The Hall–Kier alpha value is -4.46. The molecule has 0 aliphatic rings. The van der Waals surface area contributed by atoms with Gasteiger partial charge in [0.1, 0.15) is 12.1 Å². The molecule has 5 heterocycles. The van der Waals surface area contributed by atoms with Gasteiger partial charge >= 0.3 is 0 Å². The molecule has 0 aliphatic carbocycles. The molecule has 0 radical (unpaired) electrons. The third-order valence-corrected chi connectivity index (χ3v) is 5.24. The summed E-state index contributed by atoms with van der Waals surface area (Å²) in [6.45, 7) is 0. The number of hydrogen-bond donors (Lipinski definition) is 2. The number of rotatable bonds is 3. The maximum atomic E-state index is 13.4. The summed E-state index contributed by atoms with van der Waals surface area (Å²) in [5.41, 5.74) is 6.63. The van der Waals surface area contributed by atoms with Gasteiger partial charge in [0.2, 0.25) is 0 Å². The third-order valence-electron chi connectivity index (χ3n) is 5.24. The second kappa shape index (κ2) is 6.81. The summed E-state index contributed by atoms with van der Waals surface area (Å²) in [6, 6.07) is 12.3. The van der Waals surface area contributed by atoms with Crippen molar-refractivity contribution in [1.82, 2.24) is 35.1 Å². The van der Waals surface area contributed by atoms with Crippen LogP contribution < -0.4 is 0 Å². The summed E-state index contributed by atoms with van der Waals surface area (Å²) in [5.74, 6) is -0.276. The lowest BCUT2D eigenvalue weighted by Gasteiger charge is -2.02. The van der Waals surface area contributed by atoms with E-state index in [1.807, 2.05) is 18.2 Å². The van der Waals surface area contributed by atoms with E-state index in [1.165, 1.54) is 18.5 Å². The fraction of sp³-hybridized carbons (Fsp3) is 0. The van der Waals surface area contributed by atoms with Gasteiger partial charge < -0.3 is 4.98 Å². The Kier molecular flexibility index (Phi) is 3.82. The lowest BCUT2D eigenvalue weighted by molar-refractivity contribution is 0.628. The van der Waals surface area contributed by atoms with E-state index in [0.717, 1.165) is 50.1 Å². The van der Waals surface area contributed by atoms with Gasteiger partial charge in [-0.05, 0) is 42.5 Å². The van der Waals surface area contributed by atoms with Gasteiger partial charge in [-0.15, -0.1) is 0 Å². The molecule has 0 spiro atoms. The lowest BCUT2D eigenvalue weighted by Crippen LogP contribution is -1.85. The highest BCUT2D eigenvalue weighted by atomic mass is 19.1. The number of nitrogens with one attached hydrogen (secondary N) is 2. The van der Waals surface area contributed by atoms with E-state index >= 15 is 0 Å². The average molecular weight is 407 g/mol. The van der Waals surface area contributed by atoms with E-state index in [0.29, 0.717) is 5.65 Å². The normalized spacial score (nSPS) is 11.4. The third kappa shape index (κ3) is 2.93. The smallest absolute Gasteiger partial charge is 0.181 e. The summed E-state index contributed by atoms with van der Waals surface area (Å²) in [6.07, 6.45) is 8.49. The lowest BCUT2D eigenvalue weighted by atomic mass is 10.1. The molecule has 31 heavy (non-hydrogen) atoms. The van der Waals surface area contributed by atoms with E-state index in [9.17, 15) is 4.39 Å². The van der Waals surface area contributed by atoms with Crippen molar-refractivity contribution in [3.63, 3.8) is 0 Å². The Morgan fingerprint density at radius 2 is 1.61 bits per heavy atom. The number of aromatic amines is 2. The van der Waals surface area contributed by atoms with Gasteiger partial charge in [-0.25, -0.2) is 19.3 Å². The maximum Gasteiger partial charge on any atom is 0.181 e. The molecule has 0 atom stereocenters. The summed E-state index contributed by atoms with van der Waals surface area (Å²) in [7, 11) is 0. The molecule has 0 saturated carbocycles. The zero-order valence-electron chi connectivity index (χ0n) is 16.0. The van der Waals surface area contributed by atoms with Crippen LogP contribution in [0.25, 0.3) is 55.7 Å². The number of H-pyrrole nitrogens is 2. The minimum Gasteiger partial charge on any atom is -0.353 e. The van der Waals surface area contributed by atoms with Crippen molar-refractivity contribution in [2.24, 2.45) is 0 Å². The monoisotopic (exact) mass is 407 g/mol. The van der Waals surface area contributed by atoms with Gasteiger partial charge in [0.05, 0.1) is 17.1 Å². The minimum absolute atomic E-state index is 0.276. The second-order valence-corrected chi connectivity index (χ2v) is 7.13. The van der Waals surface area contributed by atoms with Crippen molar-refractivity contribution in [3.8, 4) is 33.8 Å². The molecule has 6 rings (SSSR count). The van der Waals surface area contributed by atoms with Crippen LogP contribution in [-0.2, 0) is 0 Å². The van der Waals surface area contributed by atoms with E-state index in [-0.39, 0.29) is 5.82 Å². The fourth-order valence-corrected chi connectivity index (χ4v) is 3.74. The quantitative estimate of drug-likeness (QED) is 0.441. The highest BCUT2D eigenvalue weighted by molar-refractivity contribution is 5.99. The van der Waals surface area contributed by atoms with Crippen molar-refractivity contribution in [2.75, 3.05) is 0 Å². The largest absolute Gasteiger partial charge is 0.353 e. The van der Waals surface area contributed by atoms with Crippen LogP contribution in [0.4, 0.5) is 4.39 Å². The zero-order chi connectivity index (χ0) is 20.8. The summed E-state index contributed by atoms with van der Waals surface area (Å²) >= 11 is 0. The predicted octanol–water partition coefficient (Wildman–Crippen LogP) is 4.76. The van der Waals surface area contributed by atoms with E-state index in [2.05, 4.69) is 35.1 Å². The summed E-state index contributed by atoms with van der Waals surface area (Å²) in [5, 5.41) is 9.25. The number of nitrogens with zero attached hydrogens (tertiary/aromatic N) is 5. The molecule has 0 fully saturated rings. The molecular weight excluding hydrogens is 393 g/mol. The van der Waals surface area contributed by atoms with Crippen LogP contribution in [0.15, 0.2) is 73.6 Å². The van der Waals surface area contributed by atoms with Gasteiger partial charge in [-0.1, -0.05) is 0 Å². The molecule has 0 saturated heterocycles. The highest BCUT2D eigenvalue weighted by Crippen LogP contribution is 2.33. The van der Waals surface area contributed by atoms with Gasteiger partial charge in [0.15, 0.2) is 5.65 Å². The fourth-order valence-electron chi connectivity index (χ4n) is 3.74. The molecule has 6 aromatic rings. The maximum absolute atomic E-state index is 13.4. The molecule has 0 aliphatic heterocycles. The SMILES string of the molecule is Fc1ccc(-c2nccc3[nH]c(-c4[nH]nc5ncc(-c6cncnc6)cc45)cc23)cc1. The van der Waals surface area contributed by atoms with Crippen molar-refractivity contribution in [1.29, 1.82) is 0 Å². The van der Waals surface area contributed by atoms with Gasteiger partial charge in [0.25, 0.3) is 0 Å². The summed E-state index contributed by atoms with van der Waals surface area (Å²) < 4.78 is 13.4. The van der Waals surface area contributed by atoms with Crippen LogP contribution >= 0.6 is 0 Å². The van der Waals surface area contributed by atoms with E-state index in [4.69, 9.17) is 0 Å². The number of benzene rings is 1. The number of aromatic nitrogens is 7. The molecule has 7 nitrogen and oxygen atoms in total. The Labute approximate surface area is 175 Å².